The summed E-state index contributed by atoms with van der Waals surface area (Å²) in [5.74, 6) is 0.859. The Bertz CT molecular complexity index is 467. The van der Waals surface area contributed by atoms with Crippen molar-refractivity contribution in [2.45, 2.75) is 149 Å². The predicted molar refractivity (Wildman–Crippen MR) is 157 cm³/mol. The zero-order valence-electron chi connectivity index (χ0n) is 24.9. The third-order valence-corrected chi connectivity index (χ3v) is 8.19. The van der Waals surface area contributed by atoms with E-state index >= 15 is 0 Å². The van der Waals surface area contributed by atoms with Gasteiger partial charge in [-0.05, 0) is 70.6 Å². The van der Waals surface area contributed by atoms with Crippen molar-refractivity contribution >= 4 is 5.97 Å². The van der Waals surface area contributed by atoms with Crippen molar-refractivity contribution in [3.8, 4) is 0 Å². The van der Waals surface area contributed by atoms with Gasteiger partial charge in [-0.2, -0.15) is 0 Å². The van der Waals surface area contributed by atoms with Gasteiger partial charge in [0.1, 0.15) is 0 Å². The summed E-state index contributed by atoms with van der Waals surface area (Å²) in [6.45, 7) is 15.0. The highest BCUT2D eigenvalue weighted by atomic mass is 16.5. The number of likely N-dealkylation sites (N-methyl/N-ethyl adjacent to an activating group) is 1. The van der Waals surface area contributed by atoms with Gasteiger partial charge in [-0.3, -0.25) is 4.79 Å². The average Bonchev–Trinajstić information content (AvgIpc) is 3.41. The van der Waals surface area contributed by atoms with Crippen molar-refractivity contribution in [1.82, 2.24) is 9.80 Å². The van der Waals surface area contributed by atoms with Crippen LogP contribution in [0, 0.1) is 5.92 Å². The van der Waals surface area contributed by atoms with Crippen LogP contribution < -0.4 is 0 Å². The SMILES string of the molecule is CCCCCCC(CCCCCC)CCCOC(=O)CCCCCCCN(CC)CCN1CCCC1. The molecule has 0 bridgehead atoms. The van der Waals surface area contributed by atoms with Gasteiger partial charge in [0.2, 0.25) is 0 Å². The van der Waals surface area contributed by atoms with E-state index in [1.54, 1.807) is 0 Å². The lowest BCUT2D eigenvalue weighted by Gasteiger charge is -2.23. The van der Waals surface area contributed by atoms with Gasteiger partial charge in [-0.15, -0.1) is 0 Å². The Labute approximate surface area is 226 Å². The first-order valence-electron chi connectivity index (χ1n) is 16.3. The van der Waals surface area contributed by atoms with Gasteiger partial charge in [-0.1, -0.05) is 104 Å². The monoisotopic (exact) mass is 508 g/mol. The summed E-state index contributed by atoms with van der Waals surface area (Å²) in [7, 11) is 0. The lowest BCUT2D eigenvalue weighted by atomic mass is 9.91. The Morgan fingerprint density at radius 2 is 1.31 bits per heavy atom. The Morgan fingerprint density at radius 1 is 0.722 bits per heavy atom. The molecule has 0 unspecified atom stereocenters. The molecule has 1 aliphatic heterocycles. The van der Waals surface area contributed by atoms with Crippen LogP contribution >= 0.6 is 0 Å². The molecule has 0 radical (unpaired) electrons. The van der Waals surface area contributed by atoms with E-state index in [0.29, 0.717) is 13.0 Å². The lowest BCUT2D eigenvalue weighted by Crippen LogP contribution is -2.34. The molecule has 214 valence electrons. The molecule has 0 amide bonds. The summed E-state index contributed by atoms with van der Waals surface area (Å²) in [5.41, 5.74) is 0. The third-order valence-electron chi connectivity index (χ3n) is 8.19. The molecule has 4 nitrogen and oxygen atoms in total. The maximum Gasteiger partial charge on any atom is 0.305 e. The normalized spacial score (nSPS) is 14.4. The smallest absolute Gasteiger partial charge is 0.305 e. The molecule has 0 spiro atoms. The number of ether oxygens (including phenoxy) is 1. The molecule has 0 saturated carbocycles. The number of unbranched alkanes of at least 4 members (excludes halogenated alkanes) is 10. The van der Waals surface area contributed by atoms with Gasteiger partial charge in [0, 0.05) is 19.5 Å². The zero-order chi connectivity index (χ0) is 26.1. The maximum absolute atomic E-state index is 12.1. The van der Waals surface area contributed by atoms with Gasteiger partial charge < -0.3 is 14.5 Å². The quantitative estimate of drug-likeness (QED) is 0.0864. The molecular weight excluding hydrogens is 444 g/mol. The fourth-order valence-corrected chi connectivity index (χ4v) is 5.63. The van der Waals surface area contributed by atoms with Crippen LogP contribution in [0.3, 0.4) is 0 Å². The second-order valence-corrected chi connectivity index (χ2v) is 11.4. The Hall–Kier alpha value is -0.610. The van der Waals surface area contributed by atoms with E-state index in [1.165, 1.54) is 135 Å². The first-order valence-corrected chi connectivity index (χ1v) is 16.3. The molecule has 0 aromatic heterocycles. The fourth-order valence-electron chi connectivity index (χ4n) is 5.63. The summed E-state index contributed by atoms with van der Waals surface area (Å²) in [6, 6.07) is 0. The maximum atomic E-state index is 12.1. The van der Waals surface area contributed by atoms with Crippen molar-refractivity contribution < 1.29 is 9.53 Å². The number of esters is 1. The first-order chi connectivity index (χ1) is 17.7. The molecule has 1 rings (SSSR count). The van der Waals surface area contributed by atoms with Crippen molar-refractivity contribution in [2.24, 2.45) is 5.92 Å². The highest BCUT2D eigenvalue weighted by Gasteiger charge is 2.13. The second-order valence-electron chi connectivity index (χ2n) is 11.4. The van der Waals surface area contributed by atoms with E-state index in [1.807, 2.05) is 0 Å². The molecule has 36 heavy (non-hydrogen) atoms. The molecule has 1 fully saturated rings. The lowest BCUT2D eigenvalue weighted by molar-refractivity contribution is -0.144. The number of nitrogens with zero attached hydrogens (tertiary/aromatic N) is 2. The van der Waals surface area contributed by atoms with Crippen LogP contribution in [-0.2, 0) is 9.53 Å². The van der Waals surface area contributed by atoms with Crippen molar-refractivity contribution in [2.75, 3.05) is 45.9 Å². The predicted octanol–water partition coefficient (Wildman–Crippen LogP) is 8.63. The summed E-state index contributed by atoms with van der Waals surface area (Å²) in [4.78, 5) is 17.4. The van der Waals surface area contributed by atoms with E-state index in [9.17, 15) is 4.79 Å². The van der Waals surface area contributed by atoms with Crippen LogP contribution in [0.15, 0.2) is 0 Å². The molecule has 1 heterocycles. The molecule has 4 heteroatoms. The van der Waals surface area contributed by atoms with Crippen molar-refractivity contribution in [3.05, 3.63) is 0 Å². The largest absolute Gasteiger partial charge is 0.466 e. The van der Waals surface area contributed by atoms with E-state index in [4.69, 9.17) is 4.74 Å². The molecule has 0 aromatic rings. The molecule has 0 N–H and O–H groups in total. The minimum absolute atomic E-state index is 0.0245. The van der Waals surface area contributed by atoms with Crippen molar-refractivity contribution in [3.63, 3.8) is 0 Å². The molecule has 1 aliphatic rings. The zero-order valence-corrected chi connectivity index (χ0v) is 24.9. The third kappa shape index (κ3) is 19.5. The minimum Gasteiger partial charge on any atom is -0.466 e. The van der Waals surface area contributed by atoms with E-state index in [0.717, 1.165) is 31.7 Å². The van der Waals surface area contributed by atoms with Crippen molar-refractivity contribution in [1.29, 1.82) is 0 Å². The Morgan fingerprint density at radius 3 is 1.94 bits per heavy atom. The minimum atomic E-state index is 0.0245. The molecule has 0 aromatic carbocycles. The van der Waals surface area contributed by atoms with Gasteiger partial charge in [0.15, 0.2) is 0 Å². The summed E-state index contributed by atoms with van der Waals surface area (Å²) in [6.07, 6.45) is 25.2. The second kappa shape index (κ2) is 24.7. The van der Waals surface area contributed by atoms with Crippen LogP contribution in [0.25, 0.3) is 0 Å². The van der Waals surface area contributed by atoms with Crippen LogP contribution in [0.4, 0.5) is 0 Å². The summed E-state index contributed by atoms with van der Waals surface area (Å²) >= 11 is 0. The number of carbonyl (C=O) groups is 1. The van der Waals surface area contributed by atoms with Gasteiger partial charge in [0.25, 0.3) is 0 Å². The topological polar surface area (TPSA) is 32.8 Å². The molecule has 0 aliphatic carbocycles. The molecule has 0 atom stereocenters. The number of hydrogen-bond donors (Lipinski definition) is 0. The van der Waals surface area contributed by atoms with E-state index in [2.05, 4.69) is 30.6 Å². The van der Waals surface area contributed by atoms with E-state index in [-0.39, 0.29) is 5.97 Å². The number of likely N-dealkylation sites (tertiary alicyclic amines) is 1. The first kappa shape index (κ1) is 33.4. The fraction of sp³-hybridized carbons (Fsp3) is 0.969. The number of hydrogen-bond acceptors (Lipinski definition) is 4. The van der Waals surface area contributed by atoms with Crippen LogP contribution in [0.1, 0.15) is 149 Å². The number of rotatable bonds is 26. The number of carbonyl (C=O) groups excluding carboxylic acids is 1. The molecular formula is C32H64N2O2. The molecule has 1 saturated heterocycles. The van der Waals surface area contributed by atoms with E-state index < -0.39 is 0 Å². The van der Waals surface area contributed by atoms with Gasteiger partial charge in [0.05, 0.1) is 6.61 Å². The standard InChI is InChI=1S/C32H64N2O2/c1-4-7-9-14-21-31(22-15-10-8-5-2)23-20-30-36-32(35)24-16-12-11-13-17-25-33(6-3)28-29-34-26-18-19-27-34/h31H,4-30H2,1-3H3. The van der Waals surface area contributed by atoms with Gasteiger partial charge >= 0.3 is 5.97 Å². The van der Waals surface area contributed by atoms with Gasteiger partial charge in [-0.25, -0.2) is 0 Å². The summed E-state index contributed by atoms with van der Waals surface area (Å²) in [5, 5.41) is 0. The van der Waals surface area contributed by atoms with Crippen LogP contribution in [-0.4, -0.2) is 61.6 Å². The highest BCUT2D eigenvalue weighted by Crippen LogP contribution is 2.23. The Kier molecular flexibility index (Phi) is 22.9. The van der Waals surface area contributed by atoms with Crippen LogP contribution in [0.2, 0.25) is 0 Å². The highest BCUT2D eigenvalue weighted by molar-refractivity contribution is 5.69. The average molecular weight is 509 g/mol. The summed E-state index contributed by atoms with van der Waals surface area (Å²) < 4.78 is 5.57. The van der Waals surface area contributed by atoms with Crippen LogP contribution in [0.5, 0.6) is 0 Å². The Balaban J connectivity index is 2.00.